The number of hydrogen-bond acceptors (Lipinski definition) is 3. The summed E-state index contributed by atoms with van der Waals surface area (Å²) in [7, 11) is 0. The van der Waals surface area contributed by atoms with Crippen LogP contribution in [0, 0.1) is 5.82 Å². The summed E-state index contributed by atoms with van der Waals surface area (Å²) in [6, 6.07) is -0.553. The summed E-state index contributed by atoms with van der Waals surface area (Å²) in [6.07, 6.45) is 0. The molecule has 0 unspecified atom stereocenters. The largest absolute Gasteiger partial charge is 0.480 e. The smallest absolute Gasteiger partial charge is 0.328 e. The lowest BCUT2D eigenvalue weighted by Crippen LogP contribution is -2.45. The Hall–Kier alpha value is -1.57. The second-order valence-electron chi connectivity index (χ2n) is 3.42. The van der Waals surface area contributed by atoms with E-state index in [1.54, 1.807) is 0 Å². The molecular formula is C10H9Cl2FN2O4. The molecule has 19 heavy (non-hydrogen) atoms. The second kappa shape index (κ2) is 6.55. The van der Waals surface area contributed by atoms with Gasteiger partial charge in [-0.1, -0.05) is 23.2 Å². The maximum absolute atomic E-state index is 12.9. The van der Waals surface area contributed by atoms with Gasteiger partial charge in [0.2, 0.25) is 0 Å². The zero-order valence-electron chi connectivity index (χ0n) is 9.28. The quantitative estimate of drug-likeness (QED) is 0.680. The molecule has 0 bridgehead atoms. The number of carbonyl (C=O) groups excluding carboxylic acids is 1. The van der Waals surface area contributed by atoms with Crippen molar-refractivity contribution in [3.63, 3.8) is 0 Å². The van der Waals surface area contributed by atoms with Crippen molar-refractivity contribution in [3.05, 3.63) is 28.0 Å². The lowest BCUT2D eigenvalue weighted by atomic mass is 10.3. The molecule has 1 rings (SSSR count). The van der Waals surface area contributed by atoms with Gasteiger partial charge in [-0.25, -0.2) is 14.0 Å². The van der Waals surface area contributed by atoms with Crippen molar-refractivity contribution < 1.29 is 24.2 Å². The molecule has 0 spiro atoms. The molecule has 0 fully saturated rings. The third-order valence-electron chi connectivity index (χ3n) is 2.03. The predicted octanol–water partition coefficient (Wildman–Crippen LogP) is 1.70. The van der Waals surface area contributed by atoms with Gasteiger partial charge in [-0.3, -0.25) is 0 Å². The van der Waals surface area contributed by atoms with Crippen LogP contribution in [0.4, 0.5) is 14.9 Å². The van der Waals surface area contributed by atoms with E-state index < -0.39 is 30.5 Å². The Morgan fingerprint density at radius 3 is 2.26 bits per heavy atom. The molecule has 0 aliphatic heterocycles. The first-order valence-electron chi connectivity index (χ1n) is 4.91. The molecule has 0 saturated carbocycles. The molecule has 1 aromatic carbocycles. The number of carboxylic acid groups (broad SMARTS) is 1. The number of aliphatic hydroxyl groups is 1. The van der Waals surface area contributed by atoms with Crippen LogP contribution in [0.15, 0.2) is 12.1 Å². The van der Waals surface area contributed by atoms with Crippen molar-refractivity contribution in [2.75, 3.05) is 11.9 Å². The Kier molecular flexibility index (Phi) is 5.34. The molecule has 0 aliphatic carbocycles. The SMILES string of the molecule is O=C(Nc1c(Cl)cc(F)cc1Cl)N[C@@H](CO)C(=O)O. The van der Waals surface area contributed by atoms with Crippen LogP contribution in [-0.4, -0.2) is 34.9 Å². The number of hydrogen-bond donors (Lipinski definition) is 4. The van der Waals surface area contributed by atoms with Gasteiger partial charge in [0.1, 0.15) is 5.82 Å². The Balaban J connectivity index is 2.80. The van der Waals surface area contributed by atoms with Crippen molar-refractivity contribution in [1.29, 1.82) is 0 Å². The van der Waals surface area contributed by atoms with Crippen molar-refractivity contribution in [3.8, 4) is 0 Å². The van der Waals surface area contributed by atoms with Gasteiger partial charge in [-0.05, 0) is 12.1 Å². The number of benzene rings is 1. The van der Waals surface area contributed by atoms with Crippen LogP contribution in [0.2, 0.25) is 10.0 Å². The van der Waals surface area contributed by atoms with Crippen LogP contribution in [-0.2, 0) is 4.79 Å². The van der Waals surface area contributed by atoms with E-state index in [4.69, 9.17) is 33.4 Å². The number of carbonyl (C=O) groups is 2. The van der Waals surface area contributed by atoms with Crippen molar-refractivity contribution in [2.45, 2.75) is 6.04 Å². The number of aliphatic hydroxyl groups excluding tert-OH is 1. The predicted molar refractivity (Wildman–Crippen MR) is 67.1 cm³/mol. The first kappa shape index (κ1) is 15.5. The molecule has 9 heteroatoms. The minimum Gasteiger partial charge on any atom is -0.480 e. The summed E-state index contributed by atoms with van der Waals surface area (Å²) < 4.78 is 12.9. The number of rotatable bonds is 4. The van der Waals surface area contributed by atoms with Gasteiger partial charge in [0.25, 0.3) is 0 Å². The van der Waals surface area contributed by atoms with E-state index in [1.165, 1.54) is 0 Å². The first-order valence-corrected chi connectivity index (χ1v) is 5.66. The van der Waals surface area contributed by atoms with Gasteiger partial charge in [0.15, 0.2) is 6.04 Å². The van der Waals surface area contributed by atoms with E-state index in [-0.39, 0.29) is 15.7 Å². The summed E-state index contributed by atoms with van der Waals surface area (Å²) >= 11 is 11.4. The van der Waals surface area contributed by atoms with Gasteiger partial charge < -0.3 is 20.8 Å². The van der Waals surface area contributed by atoms with E-state index in [0.717, 1.165) is 12.1 Å². The number of anilines is 1. The number of urea groups is 1. The normalized spacial score (nSPS) is 11.8. The second-order valence-corrected chi connectivity index (χ2v) is 4.23. The Labute approximate surface area is 117 Å². The molecule has 0 saturated heterocycles. The summed E-state index contributed by atoms with van der Waals surface area (Å²) in [5.74, 6) is -2.09. The molecule has 2 amide bonds. The fourth-order valence-corrected chi connectivity index (χ4v) is 1.71. The fourth-order valence-electron chi connectivity index (χ4n) is 1.15. The molecule has 0 heterocycles. The molecule has 0 aliphatic rings. The Morgan fingerprint density at radius 1 is 1.32 bits per heavy atom. The highest BCUT2D eigenvalue weighted by molar-refractivity contribution is 6.39. The van der Waals surface area contributed by atoms with Gasteiger partial charge in [0, 0.05) is 0 Å². The van der Waals surface area contributed by atoms with Crippen LogP contribution in [0.1, 0.15) is 0 Å². The number of carboxylic acids is 1. The molecular weight excluding hydrogens is 302 g/mol. The van der Waals surface area contributed by atoms with Crippen molar-refractivity contribution >= 4 is 40.9 Å². The molecule has 0 aromatic heterocycles. The molecule has 1 aromatic rings. The van der Waals surface area contributed by atoms with Gasteiger partial charge in [-0.2, -0.15) is 0 Å². The van der Waals surface area contributed by atoms with Gasteiger partial charge >= 0.3 is 12.0 Å². The number of halogens is 3. The van der Waals surface area contributed by atoms with Gasteiger partial charge in [0.05, 0.1) is 22.3 Å². The monoisotopic (exact) mass is 310 g/mol. The summed E-state index contributed by atoms with van der Waals surface area (Å²) in [4.78, 5) is 22.1. The van der Waals surface area contributed by atoms with Crippen LogP contribution >= 0.6 is 23.2 Å². The van der Waals surface area contributed by atoms with E-state index in [0.29, 0.717) is 0 Å². The summed E-state index contributed by atoms with van der Waals surface area (Å²) in [5.41, 5.74) is -0.0655. The molecule has 1 atom stereocenters. The highest BCUT2D eigenvalue weighted by atomic mass is 35.5. The standard InChI is InChI=1S/C10H9Cl2FN2O4/c11-5-1-4(13)2-6(12)8(5)15-10(19)14-7(3-16)9(17)18/h1-2,7,16H,3H2,(H,17,18)(H2,14,15,19)/t7-/m0/s1. The maximum Gasteiger partial charge on any atom is 0.328 e. The fraction of sp³-hybridized carbons (Fsp3) is 0.200. The van der Waals surface area contributed by atoms with Crippen LogP contribution < -0.4 is 10.6 Å². The number of nitrogens with one attached hydrogen (secondary N) is 2. The minimum absolute atomic E-state index is 0.0655. The number of aliphatic carboxylic acids is 1. The molecule has 4 N–H and O–H groups in total. The zero-order valence-corrected chi connectivity index (χ0v) is 10.8. The van der Waals surface area contributed by atoms with Crippen molar-refractivity contribution in [1.82, 2.24) is 5.32 Å². The van der Waals surface area contributed by atoms with E-state index in [2.05, 4.69) is 5.32 Å². The third kappa shape index (κ3) is 4.23. The lowest BCUT2D eigenvalue weighted by molar-refractivity contribution is -0.140. The topological polar surface area (TPSA) is 98.7 Å². The van der Waals surface area contributed by atoms with Crippen molar-refractivity contribution in [2.24, 2.45) is 0 Å². The highest BCUT2D eigenvalue weighted by Crippen LogP contribution is 2.31. The average Bonchev–Trinajstić information content (AvgIpc) is 2.30. The molecule has 104 valence electrons. The Bertz CT molecular complexity index is 489. The van der Waals surface area contributed by atoms with Crippen LogP contribution in [0.3, 0.4) is 0 Å². The zero-order chi connectivity index (χ0) is 14.6. The molecule has 6 nitrogen and oxygen atoms in total. The number of amides is 2. The van der Waals surface area contributed by atoms with Gasteiger partial charge in [-0.15, -0.1) is 0 Å². The van der Waals surface area contributed by atoms with Crippen LogP contribution in [0.5, 0.6) is 0 Å². The first-order chi connectivity index (χ1) is 8.85. The average molecular weight is 311 g/mol. The van der Waals surface area contributed by atoms with E-state index >= 15 is 0 Å². The maximum atomic E-state index is 12.9. The van der Waals surface area contributed by atoms with Crippen LogP contribution in [0.25, 0.3) is 0 Å². The summed E-state index contributed by atoms with van der Waals surface area (Å²) in [6.45, 7) is -0.784. The minimum atomic E-state index is -1.47. The lowest BCUT2D eigenvalue weighted by Gasteiger charge is -2.14. The van der Waals surface area contributed by atoms with E-state index in [9.17, 15) is 14.0 Å². The van der Waals surface area contributed by atoms with E-state index in [1.807, 2.05) is 5.32 Å². The molecule has 0 radical (unpaired) electrons. The Morgan fingerprint density at radius 2 is 1.84 bits per heavy atom. The highest BCUT2D eigenvalue weighted by Gasteiger charge is 2.20. The third-order valence-corrected chi connectivity index (χ3v) is 2.63. The summed E-state index contributed by atoms with van der Waals surface area (Å²) in [5, 5.41) is 21.2.